The van der Waals surface area contributed by atoms with Crippen molar-refractivity contribution < 1.29 is 14.3 Å². The van der Waals surface area contributed by atoms with Gasteiger partial charge < -0.3 is 19.9 Å². The number of para-hydroxylation sites is 3. The van der Waals surface area contributed by atoms with Crippen LogP contribution in [0.15, 0.2) is 66.7 Å². The molecule has 5 rings (SSSR count). The summed E-state index contributed by atoms with van der Waals surface area (Å²) in [6.45, 7) is 4.26. The van der Waals surface area contributed by atoms with E-state index in [0.717, 1.165) is 22.0 Å². The molecule has 1 aliphatic heterocycles. The van der Waals surface area contributed by atoms with E-state index in [1.807, 2.05) is 48.5 Å². The molecule has 6 nitrogen and oxygen atoms in total. The minimum atomic E-state index is -0.792. The molecule has 33 heavy (non-hydrogen) atoms. The van der Waals surface area contributed by atoms with Crippen LogP contribution >= 0.6 is 0 Å². The molecule has 0 bridgehead atoms. The summed E-state index contributed by atoms with van der Waals surface area (Å²) in [5.41, 5.74) is 6.56. The Hall–Kier alpha value is -4.06. The van der Waals surface area contributed by atoms with E-state index in [2.05, 4.69) is 42.3 Å². The monoisotopic (exact) mass is 439 g/mol. The van der Waals surface area contributed by atoms with Gasteiger partial charge in [0.1, 0.15) is 24.1 Å². The van der Waals surface area contributed by atoms with Crippen molar-refractivity contribution >= 4 is 28.4 Å². The lowest BCUT2D eigenvalue weighted by atomic mass is 9.96. The van der Waals surface area contributed by atoms with Crippen molar-refractivity contribution in [3.05, 3.63) is 83.6 Å². The molecule has 0 saturated heterocycles. The van der Waals surface area contributed by atoms with Crippen molar-refractivity contribution in [2.45, 2.75) is 19.9 Å². The number of carbonyl (C=O) groups is 2. The molecule has 0 aliphatic carbocycles. The predicted octanol–water partition coefficient (Wildman–Crippen LogP) is 4.61. The number of aromatic amines is 1. The second kappa shape index (κ2) is 8.13. The van der Waals surface area contributed by atoms with Gasteiger partial charge in [0.15, 0.2) is 0 Å². The molecule has 1 aliphatic rings. The molecule has 0 radical (unpaired) electrons. The molecule has 2 amide bonds. The van der Waals surface area contributed by atoms with E-state index in [1.165, 1.54) is 16.0 Å². The quantitative estimate of drug-likeness (QED) is 0.490. The van der Waals surface area contributed by atoms with Crippen LogP contribution in [0, 0.1) is 13.8 Å². The Labute approximate surface area is 192 Å². The summed E-state index contributed by atoms with van der Waals surface area (Å²) in [4.78, 5) is 30.9. The largest absolute Gasteiger partial charge is 0.489 e. The Morgan fingerprint density at radius 1 is 1.03 bits per heavy atom. The number of aromatic nitrogens is 1. The van der Waals surface area contributed by atoms with Crippen LogP contribution in [-0.2, 0) is 4.79 Å². The lowest BCUT2D eigenvalue weighted by molar-refractivity contribution is -0.120. The highest BCUT2D eigenvalue weighted by molar-refractivity contribution is 6.06. The Morgan fingerprint density at radius 2 is 1.79 bits per heavy atom. The highest BCUT2D eigenvalue weighted by atomic mass is 16.5. The van der Waals surface area contributed by atoms with Crippen molar-refractivity contribution in [3.63, 3.8) is 0 Å². The zero-order valence-electron chi connectivity index (χ0n) is 18.8. The number of aryl methyl sites for hydroxylation is 1. The summed E-state index contributed by atoms with van der Waals surface area (Å²) in [7, 11) is 1.69. The fourth-order valence-electron chi connectivity index (χ4n) is 4.34. The van der Waals surface area contributed by atoms with Crippen LogP contribution in [0.1, 0.15) is 21.6 Å². The number of fused-ring (bicyclic) bond motifs is 2. The van der Waals surface area contributed by atoms with E-state index >= 15 is 0 Å². The van der Waals surface area contributed by atoms with E-state index in [-0.39, 0.29) is 18.4 Å². The van der Waals surface area contributed by atoms with Gasteiger partial charge in [0, 0.05) is 18.0 Å². The fraction of sp³-hybridized carbons (Fsp3) is 0.185. The zero-order valence-corrected chi connectivity index (χ0v) is 18.8. The van der Waals surface area contributed by atoms with Gasteiger partial charge >= 0.3 is 0 Å². The SMILES string of the molecule is Cc1cccc(-c2cccc3cc(C(=O)N[C@H]4COc5ccccc5N(C)C4=O)[nH]c23)c1C. The smallest absolute Gasteiger partial charge is 0.268 e. The van der Waals surface area contributed by atoms with E-state index in [9.17, 15) is 9.59 Å². The van der Waals surface area contributed by atoms with Crippen molar-refractivity contribution in [1.82, 2.24) is 10.3 Å². The number of ether oxygens (including phenoxy) is 1. The topological polar surface area (TPSA) is 74.4 Å². The molecule has 0 spiro atoms. The minimum Gasteiger partial charge on any atom is -0.489 e. The Kier molecular flexibility index (Phi) is 5.13. The van der Waals surface area contributed by atoms with Crippen LogP contribution in [0.2, 0.25) is 0 Å². The van der Waals surface area contributed by atoms with Crippen LogP contribution < -0.4 is 15.0 Å². The average Bonchev–Trinajstić information content (AvgIpc) is 3.23. The van der Waals surface area contributed by atoms with Crippen LogP contribution in [-0.4, -0.2) is 36.5 Å². The molecule has 166 valence electrons. The third-order valence-electron chi connectivity index (χ3n) is 6.36. The number of amides is 2. The Balaban J connectivity index is 1.44. The molecule has 6 heteroatoms. The number of H-pyrrole nitrogens is 1. The molecule has 0 unspecified atom stereocenters. The maximum absolute atomic E-state index is 13.1. The summed E-state index contributed by atoms with van der Waals surface area (Å²) < 4.78 is 5.81. The minimum absolute atomic E-state index is 0.0693. The summed E-state index contributed by atoms with van der Waals surface area (Å²) in [6.07, 6.45) is 0. The lowest BCUT2D eigenvalue weighted by Crippen LogP contribution is -2.49. The highest BCUT2D eigenvalue weighted by Crippen LogP contribution is 2.32. The number of anilines is 1. The van der Waals surface area contributed by atoms with Crippen LogP contribution in [0.25, 0.3) is 22.0 Å². The first-order chi connectivity index (χ1) is 15.9. The van der Waals surface area contributed by atoms with Crippen LogP contribution in [0.4, 0.5) is 5.69 Å². The third-order valence-corrected chi connectivity index (χ3v) is 6.36. The van der Waals surface area contributed by atoms with E-state index in [1.54, 1.807) is 7.05 Å². The number of hydrogen-bond donors (Lipinski definition) is 2. The van der Waals surface area contributed by atoms with Crippen LogP contribution in [0.3, 0.4) is 0 Å². The first-order valence-electron chi connectivity index (χ1n) is 10.9. The molecule has 0 fully saturated rings. The van der Waals surface area contributed by atoms with Gasteiger partial charge in [-0.2, -0.15) is 0 Å². The van der Waals surface area contributed by atoms with Crippen molar-refractivity contribution in [2.24, 2.45) is 0 Å². The molecule has 1 aromatic heterocycles. The lowest BCUT2D eigenvalue weighted by Gasteiger charge is -2.20. The summed E-state index contributed by atoms with van der Waals surface area (Å²) in [6, 6.07) is 20.6. The molecule has 1 atom stereocenters. The summed E-state index contributed by atoms with van der Waals surface area (Å²) in [5, 5.41) is 3.78. The van der Waals surface area contributed by atoms with Crippen LogP contribution in [0.5, 0.6) is 5.75 Å². The second-order valence-corrected chi connectivity index (χ2v) is 8.40. The second-order valence-electron chi connectivity index (χ2n) is 8.40. The standard InChI is InChI=1S/C27H25N3O3/c1-16-8-6-10-19(17(16)2)20-11-7-9-18-14-21(28-25(18)20)26(31)29-22-15-33-24-13-5-4-12-23(24)30(3)27(22)32/h4-14,22,28H,15H2,1-3H3,(H,29,31)/t22-/m0/s1. The van der Waals surface area contributed by atoms with Gasteiger partial charge in [-0.25, -0.2) is 0 Å². The van der Waals surface area contributed by atoms with Gasteiger partial charge in [-0.05, 0) is 48.7 Å². The fourth-order valence-corrected chi connectivity index (χ4v) is 4.34. The molecule has 2 heterocycles. The Morgan fingerprint density at radius 3 is 2.64 bits per heavy atom. The maximum Gasteiger partial charge on any atom is 0.268 e. The number of benzene rings is 3. The molecule has 2 N–H and O–H groups in total. The zero-order chi connectivity index (χ0) is 23.1. The summed E-state index contributed by atoms with van der Waals surface area (Å²) in [5.74, 6) is 0.0498. The van der Waals surface area contributed by atoms with Gasteiger partial charge in [-0.15, -0.1) is 0 Å². The van der Waals surface area contributed by atoms with E-state index in [0.29, 0.717) is 17.1 Å². The molecular weight excluding hydrogens is 414 g/mol. The van der Waals surface area contributed by atoms with Gasteiger partial charge in [-0.3, -0.25) is 9.59 Å². The number of hydrogen-bond acceptors (Lipinski definition) is 3. The van der Waals surface area contributed by atoms with Gasteiger partial charge in [0.2, 0.25) is 0 Å². The molecule has 4 aromatic rings. The van der Waals surface area contributed by atoms with Crippen molar-refractivity contribution in [3.8, 4) is 16.9 Å². The molecule has 0 saturated carbocycles. The van der Waals surface area contributed by atoms with E-state index < -0.39 is 6.04 Å². The molecular formula is C27H25N3O3. The first kappa shape index (κ1) is 20.8. The van der Waals surface area contributed by atoms with Gasteiger partial charge in [-0.1, -0.05) is 48.5 Å². The number of carbonyl (C=O) groups excluding carboxylic acids is 2. The van der Waals surface area contributed by atoms with Crippen molar-refractivity contribution in [2.75, 3.05) is 18.6 Å². The number of nitrogens with one attached hydrogen (secondary N) is 2. The number of likely N-dealkylation sites (N-methyl/N-ethyl adjacent to an activating group) is 1. The van der Waals surface area contributed by atoms with E-state index in [4.69, 9.17) is 4.74 Å². The predicted molar refractivity (Wildman–Crippen MR) is 130 cm³/mol. The maximum atomic E-state index is 13.1. The average molecular weight is 440 g/mol. The highest BCUT2D eigenvalue weighted by Gasteiger charge is 2.31. The summed E-state index contributed by atoms with van der Waals surface area (Å²) >= 11 is 0. The molecule has 3 aromatic carbocycles. The van der Waals surface area contributed by atoms with Gasteiger partial charge in [0.25, 0.3) is 11.8 Å². The third kappa shape index (κ3) is 3.63. The number of nitrogens with zero attached hydrogens (tertiary/aromatic N) is 1. The van der Waals surface area contributed by atoms with Gasteiger partial charge in [0.05, 0.1) is 11.2 Å². The Bertz CT molecular complexity index is 1390. The first-order valence-corrected chi connectivity index (χ1v) is 10.9. The number of rotatable bonds is 3. The van der Waals surface area contributed by atoms with Crippen molar-refractivity contribution in [1.29, 1.82) is 0 Å². The normalized spacial score (nSPS) is 15.7.